The van der Waals surface area contributed by atoms with Crippen molar-refractivity contribution >= 4 is 11.8 Å². The lowest BCUT2D eigenvalue weighted by Crippen LogP contribution is -2.03. The van der Waals surface area contributed by atoms with Gasteiger partial charge in [-0.05, 0) is 37.0 Å². The summed E-state index contributed by atoms with van der Waals surface area (Å²) < 4.78 is 13.6. The summed E-state index contributed by atoms with van der Waals surface area (Å²) >= 11 is 1.64. The minimum Gasteiger partial charge on any atom is -0.304 e. The SMILES string of the molecule is NOCCc1ccc(SC2CC2)c(F)c1. The van der Waals surface area contributed by atoms with E-state index in [0.29, 0.717) is 18.3 Å². The first-order valence-corrected chi connectivity index (χ1v) is 5.94. The molecule has 0 atom stereocenters. The van der Waals surface area contributed by atoms with E-state index in [2.05, 4.69) is 4.84 Å². The van der Waals surface area contributed by atoms with Crippen LogP contribution in [0.5, 0.6) is 0 Å². The Morgan fingerprint density at radius 2 is 2.27 bits per heavy atom. The molecule has 2 rings (SSSR count). The molecule has 1 saturated carbocycles. The number of halogens is 1. The van der Waals surface area contributed by atoms with Crippen LogP contribution < -0.4 is 5.90 Å². The monoisotopic (exact) mass is 227 g/mol. The molecule has 0 aromatic heterocycles. The van der Waals surface area contributed by atoms with Crippen molar-refractivity contribution < 1.29 is 9.23 Å². The van der Waals surface area contributed by atoms with E-state index >= 15 is 0 Å². The van der Waals surface area contributed by atoms with Crippen molar-refractivity contribution in [1.29, 1.82) is 0 Å². The first kappa shape index (κ1) is 10.9. The van der Waals surface area contributed by atoms with Crippen molar-refractivity contribution in [2.24, 2.45) is 5.90 Å². The van der Waals surface area contributed by atoms with Crippen LogP contribution >= 0.6 is 11.8 Å². The lowest BCUT2D eigenvalue weighted by atomic mass is 10.1. The molecule has 4 heteroatoms. The maximum absolute atomic E-state index is 13.6. The third-order valence-electron chi connectivity index (χ3n) is 2.32. The second-order valence-electron chi connectivity index (χ2n) is 3.70. The van der Waals surface area contributed by atoms with Crippen LogP contribution in [-0.4, -0.2) is 11.9 Å². The Hall–Kier alpha value is -0.580. The number of rotatable bonds is 5. The summed E-state index contributed by atoms with van der Waals surface area (Å²) in [5.74, 6) is 4.80. The van der Waals surface area contributed by atoms with Crippen molar-refractivity contribution in [3.63, 3.8) is 0 Å². The van der Waals surface area contributed by atoms with Gasteiger partial charge < -0.3 is 4.84 Å². The summed E-state index contributed by atoms with van der Waals surface area (Å²) in [5, 5.41) is 0.637. The van der Waals surface area contributed by atoms with Gasteiger partial charge in [-0.25, -0.2) is 10.3 Å². The smallest absolute Gasteiger partial charge is 0.137 e. The summed E-state index contributed by atoms with van der Waals surface area (Å²) in [4.78, 5) is 5.22. The largest absolute Gasteiger partial charge is 0.304 e. The Labute approximate surface area is 92.9 Å². The first-order valence-electron chi connectivity index (χ1n) is 5.06. The fraction of sp³-hybridized carbons (Fsp3) is 0.455. The highest BCUT2D eigenvalue weighted by Gasteiger charge is 2.23. The minimum absolute atomic E-state index is 0.124. The summed E-state index contributed by atoms with van der Waals surface area (Å²) in [7, 11) is 0. The van der Waals surface area contributed by atoms with Gasteiger partial charge in [0, 0.05) is 10.1 Å². The van der Waals surface area contributed by atoms with Crippen LogP contribution in [0.1, 0.15) is 18.4 Å². The molecular weight excluding hydrogens is 213 g/mol. The molecule has 2 N–H and O–H groups in total. The lowest BCUT2D eigenvalue weighted by Gasteiger charge is -2.04. The zero-order valence-electron chi connectivity index (χ0n) is 8.41. The average Bonchev–Trinajstić information content (AvgIpc) is 3.02. The Bertz CT molecular complexity index is 341. The molecule has 0 spiro atoms. The second kappa shape index (κ2) is 4.96. The number of thioether (sulfide) groups is 1. The summed E-state index contributed by atoms with van der Waals surface area (Å²) in [6, 6.07) is 5.36. The number of nitrogens with two attached hydrogens (primary N) is 1. The normalized spacial score (nSPS) is 15.6. The van der Waals surface area contributed by atoms with E-state index < -0.39 is 0 Å². The van der Waals surface area contributed by atoms with E-state index in [1.54, 1.807) is 17.8 Å². The van der Waals surface area contributed by atoms with Gasteiger partial charge in [0.25, 0.3) is 0 Å². The second-order valence-corrected chi connectivity index (χ2v) is 5.04. The molecule has 1 aromatic carbocycles. The molecule has 0 bridgehead atoms. The van der Waals surface area contributed by atoms with Crippen molar-refractivity contribution in [2.75, 3.05) is 6.61 Å². The molecule has 15 heavy (non-hydrogen) atoms. The highest BCUT2D eigenvalue weighted by atomic mass is 32.2. The first-order chi connectivity index (χ1) is 7.29. The Kier molecular flexibility index (Phi) is 3.61. The van der Waals surface area contributed by atoms with Crippen molar-refractivity contribution in [2.45, 2.75) is 29.4 Å². The Balaban J connectivity index is 2.00. The van der Waals surface area contributed by atoms with Gasteiger partial charge in [-0.15, -0.1) is 11.8 Å². The molecule has 2 nitrogen and oxygen atoms in total. The molecule has 1 aliphatic carbocycles. The van der Waals surface area contributed by atoms with E-state index in [0.717, 1.165) is 10.5 Å². The van der Waals surface area contributed by atoms with Crippen LogP contribution in [0.4, 0.5) is 4.39 Å². The summed E-state index contributed by atoms with van der Waals surface area (Å²) in [6.45, 7) is 0.425. The number of hydrogen-bond donors (Lipinski definition) is 1. The van der Waals surface area contributed by atoms with Gasteiger partial charge >= 0.3 is 0 Å². The van der Waals surface area contributed by atoms with Crippen LogP contribution in [0.15, 0.2) is 23.1 Å². The molecule has 0 unspecified atom stereocenters. The van der Waals surface area contributed by atoms with Gasteiger partial charge in [-0.3, -0.25) is 0 Å². The minimum atomic E-state index is -0.124. The maximum Gasteiger partial charge on any atom is 0.137 e. The van der Waals surface area contributed by atoms with Crippen molar-refractivity contribution in [3.05, 3.63) is 29.6 Å². The molecule has 0 amide bonds. The molecule has 1 fully saturated rings. The fourth-order valence-corrected chi connectivity index (χ4v) is 2.39. The highest BCUT2D eigenvalue weighted by molar-refractivity contribution is 8.00. The molecule has 1 aliphatic rings. The maximum atomic E-state index is 13.6. The van der Waals surface area contributed by atoms with E-state index in [1.807, 2.05) is 12.1 Å². The van der Waals surface area contributed by atoms with Crippen molar-refractivity contribution in [3.8, 4) is 0 Å². The molecular formula is C11H14FNOS. The van der Waals surface area contributed by atoms with Crippen LogP contribution in [0.25, 0.3) is 0 Å². The molecule has 0 radical (unpaired) electrons. The third-order valence-corrected chi connectivity index (χ3v) is 3.71. The van der Waals surface area contributed by atoms with E-state index in [4.69, 9.17) is 5.90 Å². The quantitative estimate of drug-likeness (QED) is 0.785. The van der Waals surface area contributed by atoms with Crippen LogP contribution in [0.2, 0.25) is 0 Å². The van der Waals surface area contributed by atoms with E-state index in [-0.39, 0.29) is 5.82 Å². The predicted octanol–water partition coefficient (Wildman–Crippen LogP) is 2.51. The van der Waals surface area contributed by atoms with Crippen LogP contribution in [0.3, 0.4) is 0 Å². The van der Waals surface area contributed by atoms with E-state index in [1.165, 1.54) is 12.8 Å². The van der Waals surface area contributed by atoms with E-state index in [9.17, 15) is 4.39 Å². The van der Waals surface area contributed by atoms with Gasteiger partial charge in [0.05, 0.1) is 6.61 Å². The zero-order valence-corrected chi connectivity index (χ0v) is 9.23. The standard InChI is InChI=1S/C11H14FNOS/c12-10-7-8(5-6-14-13)1-4-11(10)15-9-2-3-9/h1,4,7,9H,2-3,5-6,13H2. The Morgan fingerprint density at radius 3 is 2.87 bits per heavy atom. The molecule has 0 aliphatic heterocycles. The highest BCUT2D eigenvalue weighted by Crippen LogP contribution is 2.40. The zero-order chi connectivity index (χ0) is 10.7. The molecule has 1 aromatic rings. The predicted molar refractivity (Wildman–Crippen MR) is 59.1 cm³/mol. The lowest BCUT2D eigenvalue weighted by molar-refractivity contribution is 0.141. The van der Waals surface area contributed by atoms with Crippen LogP contribution in [0, 0.1) is 5.82 Å². The third kappa shape index (κ3) is 3.19. The fourth-order valence-electron chi connectivity index (χ4n) is 1.34. The van der Waals surface area contributed by atoms with Crippen molar-refractivity contribution in [1.82, 2.24) is 0 Å². The average molecular weight is 227 g/mol. The number of hydrogen-bond acceptors (Lipinski definition) is 3. The Morgan fingerprint density at radius 1 is 1.47 bits per heavy atom. The van der Waals surface area contributed by atoms with Gasteiger partial charge in [0.2, 0.25) is 0 Å². The molecule has 82 valence electrons. The van der Waals surface area contributed by atoms with Gasteiger partial charge in [-0.2, -0.15) is 0 Å². The summed E-state index contributed by atoms with van der Waals surface area (Å²) in [5.41, 5.74) is 0.929. The topological polar surface area (TPSA) is 35.2 Å². The number of benzene rings is 1. The molecule has 0 saturated heterocycles. The summed E-state index contributed by atoms with van der Waals surface area (Å²) in [6.07, 6.45) is 3.08. The van der Waals surface area contributed by atoms with Gasteiger partial charge in [0.1, 0.15) is 5.82 Å². The van der Waals surface area contributed by atoms with Gasteiger partial charge in [-0.1, -0.05) is 6.07 Å². The van der Waals surface area contributed by atoms with Gasteiger partial charge in [0.15, 0.2) is 0 Å². The molecule has 0 heterocycles. The van der Waals surface area contributed by atoms with Crippen LogP contribution in [-0.2, 0) is 11.3 Å².